The van der Waals surface area contributed by atoms with Gasteiger partial charge in [-0.1, -0.05) is 61.4 Å². The molecule has 4 N–H and O–H groups in total. The molecule has 0 spiro atoms. The SMILES string of the molecule is NC(=O)CN(Cc1ccc(-c2ccccc2-c2nnn[nH]2)cc1)C(=O)NC1CCCC1. The van der Waals surface area contributed by atoms with Crippen molar-refractivity contribution in [3.05, 3.63) is 54.1 Å². The highest BCUT2D eigenvalue weighted by atomic mass is 16.2. The van der Waals surface area contributed by atoms with E-state index in [4.69, 9.17) is 5.73 Å². The first kappa shape index (κ1) is 20.5. The van der Waals surface area contributed by atoms with Crippen molar-refractivity contribution in [1.82, 2.24) is 30.8 Å². The fraction of sp³-hybridized carbons (Fsp3) is 0.318. The van der Waals surface area contributed by atoms with E-state index in [0.717, 1.165) is 47.9 Å². The lowest BCUT2D eigenvalue weighted by Crippen LogP contribution is -2.46. The summed E-state index contributed by atoms with van der Waals surface area (Å²) in [5.41, 5.74) is 9.16. The van der Waals surface area contributed by atoms with Gasteiger partial charge in [-0.2, -0.15) is 0 Å². The average Bonchev–Trinajstić information content (AvgIpc) is 3.48. The second-order valence-electron chi connectivity index (χ2n) is 7.75. The van der Waals surface area contributed by atoms with E-state index in [2.05, 4.69) is 25.9 Å². The number of carbonyl (C=O) groups is 2. The van der Waals surface area contributed by atoms with Crippen LogP contribution in [0.15, 0.2) is 48.5 Å². The number of hydrogen-bond donors (Lipinski definition) is 3. The molecule has 0 unspecified atom stereocenters. The van der Waals surface area contributed by atoms with Crippen molar-refractivity contribution < 1.29 is 9.59 Å². The largest absolute Gasteiger partial charge is 0.368 e. The normalized spacial score (nSPS) is 13.8. The summed E-state index contributed by atoms with van der Waals surface area (Å²) in [5.74, 6) is 0.0590. The van der Waals surface area contributed by atoms with Gasteiger partial charge < -0.3 is 16.0 Å². The van der Waals surface area contributed by atoms with Gasteiger partial charge in [0.25, 0.3) is 0 Å². The fourth-order valence-electron chi connectivity index (χ4n) is 3.95. The predicted octanol–water partition coefficient (Wildman–Crippen LogP) is 2.47. The lowest BCUT2D eigenvalue weighted by molar-refractivity contribution is -0.118. The molecule has 31 heavy (non-hydrogen) atoms. The smallest absolute Gasteiger partial charge is 0.318 e. The molecule has 0 radical (unpaired) electrons. The third-order valence-electron chi connectivity index (χ3n) is 5.48. The molecule has 1 aromatic heterocycles. The van der Waals surface area contributed by atoms with Gasteiger partial charge in [-0.3, -0.25) is 4.79 Å². The number of nitrogens with zero attached hydrogens (tertiary/aromatic N) is 4. The first-order valence-electron chi connectivity index (χ1n) is 10.4. The van der Waals surface area contributed by atoms with Crippen LogP contribution in [0.2, 0.25) is 0 Å². The highest BCUT2D eigenvalue weighted by Gasteiger charge is 2.22. The third-order valence-corrected chi connectivity index (χ3v) is 5.48. The minimum Gasteiger partial charge on any atom is -0.368 e. The Bertz CT molecular complexity index is 1030. The van der Waals surface area contributed by atoms with Gasteiger partial charge in [0.05, 0.1) is 0 Å². The van der Waals surface area contributed by atoms with Crippen LogP contribution in [0.4, 0.5) is 4.79 Å². The van der Waals surface area contributed by atoms with Crippen LogP contribution in [0, 0.1) is 0 Å². The molecule has 0 saturated heterocycles. The molecule has 3 amide bonds. The van der Waals surface area contributed by atoms with Crippen molar-refractivity contribution in [3.8, 4) is 22.5 Å². The van der Waals surface area contributed by atoms with E-state index in [-0.39, 0.29) is 18.6 Å². The fourth-order valence-corrected chi connectivity index (χ4v) is 3.95. The van der Waals surface area contributed by atoms with Crippen LogP contribution in [0.25, 0.3) is 22.5 Å². The number of tetrazole rings is 1. The van der Waals surface area contributed by atoms with Crippen LogP contribution in [0.1, 0.15) is 31.2 Å². The Labute approximate surface area is 180 Å². The van der Waals surface area contributed by atoms with Crippen LogP contribution in [-0.2, 0) is 11.3 Å². The number of nitrogens with one attached hydrogen (secondary N) is 2. The topological polar surface area (TPSA) is 130 Å². The van der Waals surface area contributed by atoms with Gasteiger partial charge in [0, 0.05) is 18.2 Å². The van der Waals surface area contributed by atoms with Crippen molar-refractivity contribution in [2.75, 3.05) is 6.54 Å². The highest BCUT2D eigenvalue weighted by molar-refractivity contribution is 5.83. The summed E-state index contributed by atoms with van der Waals surface area (Å²) in [6.07, 6.45) is 4.19. The molecule has 2 aromatic carbocycles. The second kappa shape index (κ2) is 9.38. The molecule has 9 heteroatoms. The van der Waals surface area contributed by atoms with Gasteiger partial charge in [0.2, 0.25) is 5.91 Å². The zero-order valence-corrected chi connectivity index (χ0v) is 17.1. The maximum Gasteiger partial charge on any atom is 0.318 e. The summed E-state index contributed by atoms with van der Waals surface area (Å²) in [5, 5.41) is 17.1. The summed E-state index contributed by atoms with van der Waals surface area (Å²) in [6, 6.07) is 15.6. The van der Waals surface area contributed by atoms with Crippen LogP contribution >= 0.6 is 0 Å². The molecule has 1 fully saturated rings. The number of aromatic amines is 1. The molecule has 4 rings (SSSR count). The number of rotatable bonds is 7. The predicted molar refractivity (Wildman–Crippen MR) is 115 cm³/mol. The van der Waals surface area contributed by atoms with Crippen molar-refractivity contribution in [2.24, 2.45) is 5.73 Å². The van der Waals surface area contributed by atoms with Crippen LogP contribution < -0.4 is 11.1 Å². The van der Waals surface area contributed by atoms with Crippen molar-refractivity contribution in [1.29, 1.82) is 0 Å². The minimum absolute atomic E-state index is 0.123. The number of urea groups is 1. The Hall–Kier alpha value is -3.75. The van der Waals surface area contributed by atoms with Crippen LogP contribution in [-0.4, -0.2) is 50.0 Å². The average molecular weight is 419 g/mol. The van der Waals surface area contributed by atoms with Crippen molar-refractivity contribution in [2.45, 2.75) is 38.3 Å². The van der Waals surface area contributed by atoms with Gasteiger partial charge in [0.1, 0.15) is 6.54 Å². The maximum atomic E-state index is 12.7. The molecule has 160 valence electrons. The second-order valence-corrected chi connectivity index (χ2v) is 7.75. The first-order valence-corrected chi connectivity index (χ1v) is 10.4. The Balaban J connectivity index is 1.50. The molecule has 1 heterocycles. The van der Waals surface area contributed by atoms with E-state index < -0.39 is 5.91 Å². The molecule has 1 aliphatic carbocycles. The number of amides is 3. The lowest BCUT2D eigenvalue weighted by Gasteiger charge is -2.24. The number of nitrogens with two attached hydrogens (primary N) is 1. The quantitative estimate of drug-likeness (QED) is 0.542. The molecule has 1 aliphatic rings. The van der Waals surface area contributed by atoms with E-state index in [1.54, 1.807) is 0 Å². The Morgan fingerprint density at radius 3 is 2.42 bits per heavy atom. The number of primary amides is 1. The number of aromatic nitrogens is 4. The van der Waals surface area contributed by atoms with Gasteiger partial charge in [-0.25, -0.2) is 9.89 Å². The Kier molecular flexibility index (Phi) is 6.21. The van der Waals surface area contributed by atoms with E-state index in [0.29, 0.717) is 12.4 Å². The third kappa shape index (κ3) is 5.06. The van der Waals surface area contributed by atoms with Crippen molar-refractivity contribution in [3.63, 3.8) is 0 Å². The first-order chi connectivity index (χ1) is 15.1. The van der Waals surface area contributed by atoms with Gasteiger partial charge in [-0.05, 0) is 40.0 Å². The van der Waals surface area contributed by atoms with E-state index in [9.17, 15) is 9.59 Å². The molecule has 0 bridgehead atoms. The zero-order valence-electron chi connectivity index (χ0n) is 17.1. The van der Waals surface area contributed by atoms with Crippen LogP contribution in [0.5, 0.6) is 0 Å². The summed E-state index contributed by atoms with van der Waals surface area (Å²) in [6.45, 7) is 0.178. The lowest BCUT2D eigenvalue weighted by atomic mass is 9.98. The molecular weight excluding hydrogens is 394 g/mol. The summed E-state index contributed by atoms with van der Waals surface area (Å²) in [4.78, 5) is 25.7. The number of benzene rings is 2. The van der Waals surface area contributed by atoms with Gasteiger partial charge in [-0.15, -0.1) is 5.10 Å². The molecule has 0 aliphatic heterocycles. The molecule has 3 aromatic rings. The van der Waals surface area contributed by atoms with Gasteiger partial charge >= 0.3 is 6.03 Å². The molecule has 0 atom stereocenters. The zero-order chi connectivity index (χ0) is 21.6. The highest BCUT2D eigenvalue weighted by Crippen LogP contribution is 2.29. The van der Waals surface area contributed by atoms with E-state index >= 15 is 0 Å². The standard InChI is InChI=1S/C22H25N7O2/c23-20(30)14-29(22(31)24-17-5-1-2-6-17)13-15-9-11-16(12-10-15)18-7-3-4-8-19(18)21-25-27-28-26-21/h3-4,7-12,17H,1-2,5-6,13-14H2,(H2,23,30)(H,24,31)(H,25,26,27,28). The number of carbonyl (C=O) groups excluding carboxylic acids is 2. The minimum atomic E-state index is -0.534. The number of H-pyrrole nitrogens is 1. The van der Waals surface area contributed by atoms with Crippen LogP contribution in [0.3, 0.4) is 0 Å². The van der Waals surface area contributed by atoms with Gasteiger partial charge in [0.15, 0.2) is 5.82 Å². The molecule has 9 nitrogen and oxygen atoms in total. The van der Waals surface area contributed by atoms with Crippen molar-refractivity contribution >= 4 is 11.9 Å². The van der Waals surface area contributed by atoms with E-state index in [1.165, 1.54) is 4.90 Å². The summed E-state index contributed by atoms with van der Waals surface area (Å²) < 4.78 is 0. The Morgan fingerprint density at radius 2 is 1.77 bits per heavy atom. The monoisotopic (exact) mass is 419 g/mol. The van der Waals surface area contributed by atoms with E-state index in [1.807, 2.05) is 48.5 Å². The Morgan fingerprint density at radius 1 is 1.06 bits per heavy atom. The summed E-state index contributed by atoms with van der Waals surface area (Å²) in [7, 11) is 0. The maximum absolute atomic E-state index is 12.7. The number of hydrogen-bond acceptors (Lipinski definition) is 5. The summed E-state index contributed by atoms with van der Waals surface area (Å²) >= 11 is 0. The molecule has 1 saturated carbocycles. The molecular formula is C22H25N7O2.